The molecule has 0 aliphatic carbocycles. The smallest absolute Gasteiger partial charge is 0.339 e. The molecule has 0 saturated carbocycles. The fraction of sp³-hybridized carbons (Fsp3) is 0.296. The van der Waals surface area contributed by atoms with E-state index < -0.39 is 11.9 Å². The highest BCUT2D eigenvalue weighted by molar-refractivity contribution is 6.04. The van der Waals surface area contributed by atoms with Gasteiger partial charge in [0, 0.05) is 44.1 Å². The average molecular weight is 521 g/mol. The highest BCUT2D eigenvalue weighted by Crippen LogP contribution is 2.26. The number of nitrogens with zero attached hydrogens (tertiary/aromatic N) is 3. The van der Waals surface area contributed by atoms with Crippen molar-refractivity contribution in [2.45, 2.75) is 19.4 Å². The van der Waals surface area contributed by atoms with Crippen molar-refractivity contribution < 1.29 is 33.3 Å². The van der Waals surface area contributed by atoms with Crippen molar-refractivity contribution in [2.75, 3.05) is 39.2 Å². The second kappa shape index (κ2) is 12.2. The van der Waals surface area contributed by atoms with Crippen molar-refractivity contribution in [1.29, 1.82) is 0 Å². The first-order chi connectivity index (χ1) is 18.4. The molecule has 198 valence electrons. The van der Waals surface area contributed by atoms with Crippen LogP contribution in [-0.4, -0.2) is 72.7 Å². The van der Waals surface area contributed by atoms with E-state index in [0.29, 0.717) is 17.9 Å². The highest BCUT2D eigenvalue weighted by atomic mass is 16.5. The van der Waals surface area contributed by atoms with Crippen molar-refractivity contribution in [3.05, 3.63) is 71.4 Å². The SMILES string of the molecule is COC[C@@H](C)Oc1cc(C(=O)Nc2ccc(C(=O)OC)cn2)cc(Oc2ccc(C(=O)N3CCC3)cc2)n1. The molecule has 2 aromatic heterocycles. The number of hydrogen-bond acceptors (Lipinski definition) is 9. The van der Waals surface area contributed by atoms with Gasteiger partial charge in [-0.2, -0.15) is 4.98 Å². The molecule has 0 radical (unpaired) electrons. The van der Waals surface area contributed by atoms with Crippen LogP contribution in [0.15, 0.2) is 54.7 Å². The first-order valence-electron chi connectivity index (χ1n) is 12.0. The molecule has 38 heavy (non-hydrogen) atoms. The van der Waals surface area contributed by atoms with Gasteiger partial charge in [0.25, 0.3) is 11.8 Å². The number of amides is 2. The van der Waals surface area contributed by atoms with Crippen LogP contribution in [0.25, 0.3) is 0 Å². The Bertz CT molecular complexity index is 1290. The van der Waals surface area contributed by atoms with Crippen LogP contribution in [0.3, 0.4) is 0 Å². The second-order valence-corrected chi connectivity index (χ2v) is 8.57. The van der Waals surface area contributed by atoms with Gasteiger partial charge in [0.05, 0.1) is 24.8 Å². The number of likely N-dealkylation sites (tertiary alicyclic amines) is 1. The average Bonchev–Trinajstić information content (AvgIpc) is 2.88. The molecule has 0 bridgehead atoms. The Morgan fingerprint density at radius 3 is 2.29 bits per heavy atom. The summed E-state index contributed by atoms with van der Waals surface area (Å²) in [7, 11) is 2.83. The summed E-state index contributed by atoms with van der Waals surface area (Å²) in [5.74, 6) is -0.0863. The molecule has 1 atom stereocenters. The number of hydrogen-bond donors (Lipinski definition) is 1. The number of rotatable bonds is 10. The first-order valence-corrected chi connectivity index (χ1v) is 12.0. The van der Waals surface area contributed by atoms with Gasteiger partial charge in [0.1, 0.15) is 17.7 Å². The highest BCUT2D eigenvalue weighted by Gasteiger charge is 2.21. The molecule has 1 fully saturated rings. The summed E-state index contributed by atoms with van der Waals surface area (Å²) in [5.41, 5.74) is 1.03. The Labute approximate surface area is 219 Å². The second-order valence-electron chi connectivity index (χ2n) is 8.57. The third kappa shape index (κ3) is 6.62. The standard InChI is InChI=1S/C27H28N4O7/c1-17(16-35-2)37-23-13-20(25(32)29-22-10-7-19(15-28-22)27(34)36-3)14-24(30-23)38-21-8-5-18(6-9-21)26(33)31-11-4-12-31/h5-10,13-15,17H,4,11-12,16H2,1-3H3,(H,28,29,32)/t17-/m1/s1. The lowest BCUT2D eigenvalue weighted by Crippen LogP contribution is -2.41. The normalized spacial score (nSPS) is 13.2. The Morgan fingerprint density at radius 1 is 0.974 bits per heavy atom. The van der Waals surface area contributed by atoms with Crippen LogP contribution in [0.5, 0.6) is 17.5 Å². The number of methoxy groups -OCH3 is 2. The van der Waals surface area contributed by atoms with Gasteiger partial charge in [0.15, 0.2) is 0 Å². The summed E-state index contributed by atoms with van der Waals surface area (Å²) < 4.78 is 21.5. The lowest BCUT2D eigenvalue weighted by molar-refractivity contribution is 0.0599. The van der Waals surface area contributed by atoms with Crippen molar-refractivity contribution in [3.63, 3.8) is 0 Å². The predicted molar refractivity (Wildman–Crippen MR) is 137 cm³/mol. The maximum absolute atomic E-state index is 13.0. The quantitative estimate of drug-likeness (QED) is 0.399. The van der Waals surface area contributed by atoms with Gasteiger partial charge in [-0.25, -0.2) is 9.78 Å². The van der Waals surface area contributed by atoms with E-state index in [1.165, 1.54) is 37.6 Å². The van der Waals surface area contributed by atoms with E-state index in [1.807, 2.05) is 0 Å². The van der Waals surface area contributed by atoms with Gasteiger partial charge in [-0.15, -0.1) is 0 Å². The van der Waals surface area contributed by atoms with E-state index in [9.17, 15) is 14.4 Å². The molecular formula is C27H28N4O7. The summed E-state index contributed by atoms with van der Waals surface area (Å²) in [5, 5.41) is 2.67. The monoisotopic (exact) mass is 520 g/mol. The number of esters is 1. The minimum absolute atomic E-state index is 0.0179. The van der Waals surface area contributed by atoms with E-state index in [2.05, 4.69) is 20.0 Å². The predicted octanol–water partition coefficient (Wildman–Crippen LogP) is 3.57. The van der Waals surface area contributed by atoms with E-state index in [1.54, 1.807) is 43.2 Å². The molecule has 11 heteroatoms. The fourth-order valence-electron chi connectivity index (χ4n) is 3.58. The van der Waals surface area contributed by atoms with Gasteiger partial charge in [-0.3, -0.25) is 9.59 Å². The summed E-state index contributed by atoms with van der Waals surface area (Å²) in [6.45, 7) is 3.66. The Hall–Kier alpha value is -4.51. The molecule has 3 heterocycles. The zero-order valence-electron chi connectivity index (χ0n) is 21.3. The van der Waals surface area contributed by atoms with Gasteiger partial charge >= 0.3 is 5.97 Å². The fourth-order valence-corrected chi connectivity index (χ4v) is 3.58. The molecule has 11 nitrogen and oxygen atoms in total. The Balaban J connectivity index is 1.53. The minimum atomic E-state index is -0.531. The summed E-state index contributed by atoms with van der Waals surface area (Å²) in [6.07, 6.45) is 1.99. The first kappa shape index (κ1) is 26.6. The number of carbonyl (C=O) groups is 3. The van der Waals surface area contributed by atoms with E-state index in [0.717, 1.165) is 19.5 Å². The maximum atomic E-state index is 13.0. The topological polar surface area (TPSA) is 129 Å². The molecule has 1 aromatic carbocycles. The zero-order valence-corrected chi connectivity index (χ0v) is 21.3. The van der Waals surface area contributed by atoms with Crippen molar-refractivity contribution in [1.82, 2.24) is 14.9 Å². The van der Waals surface area contributed by atoms with E-state index in [-0.39, 0.29) is 40.7 Å². The molecule has 1 saturated heterocycles. The number of carbonyl (C=O) groups excluding carboxylic acids is 3. The number of pyridine rings is 2. The number of ether oxygens (including phenoxy) is 4. The van der Waals surface area contributed by atoms with Crippen molar-refractivity contribution in [3.8, 4) is 17.5 Å². The van der Waals surface area contributed by atoms with Crippen LogP contribution >= 0.6 is 0 Å². The van der Waals surface area contributed by atoms with Crippen molar-refractivity contribution >= 4 is 23.6 Å². The van der Waals surface area contributed by atoms with Gasteiger partial charge in [-0.05, 0) is 49.7 Å². The number of benzene rings is 1. The van der Waals surface area contributed by atoms with Crippen LogP contribution in [-0.2, 0) is 9.47 Å². The molecule has 3 aromatic rings. The third-order valence-corrected chi connectivity index (χ3v) is 5.66. The number of nitrogens with one attached hydrogen (secondary N) is 1. The molecular weight excluding hydrogens is 492 g/mol. The van der Waals surface area contributed by atoms with E-state index >= 15 is 0 Å². The lowest BCUT2D eigenvalue weighted by atomic mass is 10.1. The number of anilines is 1. The molecule has 2 amide bonds. The van der Waals surface area contributed by atoms with Crippen LogP contribution in [0.4, 0.5) is 5.82 Å². The third-order valence-electron chi connectivity index (χ3n) is 5.66. The minimum Gasteiger partial charge on any atom is -0.472 e. The van der Waals surface area contributed by atoms with Crippen molar-refractivity contribution in [2.24, 2.45) is 0 Å². The molecule has 1 aliphatic heterocycles. The van der Waals surface area contributed by atoms with Crippen LogP contribution in [0, 0.1) is 0 Å². The zero-order chi connectivity index (χ0) is 27.1. The van der Waals surface area contributed by atoms with Gasteiger partial charge in [0.2, 0.25) is 11.8 Å². The number of aromatic nitrogens is 2. The molecule has 4 rings (SSSR count). The Morgan fingerprint density at radius 2 is 1.68 bits per heavy atom. The summed E-state index contributed by atoms with van der Waals surface area (Å²) in [4.78, 5) is 47.3. The molecule has 0 unspecified atom stereocenters. The van der Waals surface area contributed by atoms with Gasteiger partial charge in [-0.1, -0.05) is 0 Å². The van der Waals surface area contributed by atoms with E-state index in [4.69, 9.17) is 14.2 Å². The molecule has 0 spiro atoms. The largest absolute Gasteiger partial charge is 0.472 e. The van der Waals surface area contributed by atoms with Crippen LogP contribution < -0.4 is 14.8 Å². The summed E-state index contributed by atoms with van der Waals surface area (Å²) >= 11 is 0. The summed E-state index contributed by atoms with van der Waals surface area (Å²) in [6, 6.07) is 12.6. The van der Waals surface area contributed by atoms with Crippen LogP contribution in [0.1, 0.15) is 44.4 Å². The Kier molecular flexibility index (Phi) is 8.49. The maximum Gasteiger partial charge on any atom is 0.339 e. The molecule has 1 aliphatic rings. The van der Waals surface area contributed by atoms with Gasteiger partial charge < -0.3 is 29.2 Å². The lowest BCUT2D eigenvalue weighted by Gasteiger charge is -2.30. The molecule has 1 N–H and O–H groups in total. The van der Waals surface area contributed by atoms with Crippen LogP contribution in [0.2, 0.25) is 0 Å².